The number of hydrogen-bond acceptors (Lipinski definition) is 4. The van der Waals surface area contributed by atoms with E-state index in [9.17, 15) is 0 Å². The number of aryl methyl sites for hydroxylation is 1. The minimum Gasteiger partial charge on any atom is -0.396 e. The standard InChI is InChI=1S/C7H10N4O/c1-5-4-7-9-8-6(2-3-12)11(7)10-5/h4,6,12H,2-3H2,1H3. The van der Waals surface area contributed by atoms with E-state index in [4.69, 9.17) is 5.11 Å². The first kappa shape index (κ1) is 7.42. The Kier molecular flexibility index (Phi) is 1.65. The third-order valence-electron chi connectivity index (χ3n) is 1.80. The normalized spacial score (nSPS) is 20.0. The molecule has 1 atom stereocenters. The average molecular weight is 166 g/mol. The lowest BCUT2D eigenvalue weighted by Crippen LogP contribution is -2.06. The predicted molar refractivity (Wildman–Crippen MR) is 42.2 cm³/mol. The summed E-state index contributed by atoms with van der Waals surface area (Å²) in [6.45, 7) is 2.03. The number of rotatable bonds is 2. The van der Waals surface area contributed by atoms with Crippen LogP contribution in [-0.4, -0.2) is 21.5 Å². The van der Waals surface area contributed by atoms with Gasteiger partial charge in [-0.15, -0.1) is 5.11 Å². The Labute approximate surface area is 69.7 Å². The first-order valence-electron chi connectivity index (χ1n) is 3.89. The van der Waals surface area contributed by atoms with Crippen molar-refractivity contribution in [2.24, 2.45) is 10.2 Å². The van der Waals surface area contributed by atoms with Crippen LogP contribution in [0.1, 0.15) is 18.3 Å². The predicted octanol–water partition coefficient (Wildman–Crippen LogP) is 1.17. The van der Waals surface area contributed by atoms with E-state index in [-0.39, 0.29) is 12.8 Å². The average Bonchev–Trinajstić information content (AvgIpc) is 2.52. The summed E-state index contributed by atoms with van der Waals surface area (Å²) < 4.78 is 1.74. The summed E-state index contributed by atoms with van der Waals surface area (Å²) in [5, 5.41) is 20.8. The van der Waals surface area contributed by atoms with E-state index in [0.717, 1.165) is 11.5 Å². The van der Waals surface area contributed by atoms with Crippen LogP contribution in [0.5, 0.6) is 0 Å². The van der Waals surface area contributed by atoms with Crippen LogP contribution in [0.25, 0.3) is 0 Å². The highest BCUT2D eigenvalue weighted by Crippen LogP contribution is 2.29. The number of nitrogens with zero attached hydrogens (tertiary/aromatic N) is 4. The quantitative estimate of drug-likeness (QED) is 0.716. The van der Waals surface area contributed by atoms with Crippen molar-refractivity contribution in [3.8, 4) is 0 Å². The maximum Gasteiger partial charge on any atom is 0.175 e. The lowest BCUT2D eigenvalue weighted by molar-refractivity contribution is 0.256. The Bertz CT molecular complexity index is 317. The molecule has 0 amide bonds. The molecule has 0 saturated heterocycles. The van der Waals surface area contributed by atoms with Gasteiger partial charge in [-0.3, -0.25) is 0 Å². The molecule has 1 aromatic rings. The number of aromatic nitrogens is 2. The molecule has 1 N–H and O–H groups in total. The first-order chi connectivity index (χ1) is 5.81. The third kappa shape index (κ3) is 1.02. The van der Waals surface area contributed by atoms with Crippen LogP contribution in [0.4, 0.5) is 5.82 Å². The molecule has 1 aliphatic heterocycles. The van der Waals surface area contributed by atoms with Crippen LogP contribution in [-0.2, 0) is 0 Å². The second kappa shape index (κ2) is 2.67. The summed E-state index contributed by atoms with van der Waals surface area (Å²) >= 11 is 0. The van der Waals surface area contributed by atoms with Gasteiger partial charge in [-0.1, -0.05) is 0 Å². The number of fused-ring (bicyclic) bond motifs is 1. The van der Waals surface area contributed by atoms with Gasteiger partial charge in [0, 0.05) is 19.1 Å². The van der Waals surface area contributed by atoms with Crippen molar-refractivity contribution in [3.63, 3.8) is 0 Å². The monoisotopic (exact) mass is 166 g/mol. The molecule has 0 fully saturated rings. The molecule has 0 aromatic carbocycles. The van der Waals surface area contributed by atoms with Gasteiger partial charge >= 0.3 is 0 Å². The molecule has 1 aromatic heterocycles. The summed E-state index contributed by atoms with van der Waals surface area (Å²) in [7, 11) is 0. The summed E-state index contributed by atoms with van der Waals surface area (Å²) in [5.74, 6) is 0.783. The summed E-state index contributed by atoms with van der Waals surface area (Å²) in [6, 6.07) is 1.88. The smallest absolute Gasteiger partial charge is 0.175 e. The Morgan fingerprint density at radius 2 is 2.50 bits per heavy atom. The SMILES string of the molecule is Cc1cc2n(n1)C(CCO)N=N2. The van der Waals surface area contributed by atoms with Crippen molar-refractivity contribution < 1.29 is 5.11 Å². The van der Waals surface area contributed by atoms with Gasteiger partial charge in [-0.05, 0) is 6.92 Å². The van der Waals surface area contributed by atoms with E-state index in [0.29, 0.717) is 6.42 Å². The molecule has 1 unspecified atom stereocenters. The zero-order valence-corrected chi connectivity index (χ0v) is 6.80. The van der Waals surface area contributed by atoms with E-state index in [2.05, 4.69) is 15.3 Å². The molecule has 5 heteroatoms. The fourth-order valence-corrected chi connectivity index (χ4v) is 1.27. The lowest BCUT2D eigenvalue weighted by Gasteiger charge is -2.04. The van der Waals surface area contributed by atoms with Crippen molar-refractivity contribution in [3.05, 3.63) is 11.8 Å². The Morgan fingerprint density at radius 3 is 3.25 bits per heavy atom. The van der Waals surface area contributed by atoms with Crippen LogP contribution in [0.3, 0.4) is 0 Å². The van der Waals surface area contributed by atoms with E-state index in [1.807, 2.05) is 13.0 Å². The fraction of sp³-hybridized carbons (Fsp3) is 0.571. The molecule has 64 valence electrons. The van der Waals surface area contributed by atoms with E-state index in [1.165, 1.54) is 0 Å². The van der Waals surface area contributed by atoms with Crippen molar-refractivity contribution in [2.45, 2.75) is 19.5 Å². The molecule has 0 bridgehead atoms. The van der Waals surface area contributed by atoms with Crippen LogP contribution >= 0.6 is 0 Å². The second-order valence-corrected chi connectivity index (χ2v) is 2.80. The Hall–Kier alpha value is -1.23. The van der Waals surface area contributed by atoms with Gasteiger partial charge in [0.15, 0.2) is 12.0 Å². The molecule has 0 saturated carbocycles. The Morgan fingerprint density at radius 1 is 1.67 bits per heavy atom. The molecule has 2 rings (SSSR count). The third-order valence-corrected chi connectivity index (χ3v) is 1.80. The van der Waals surface area contributed by atoms with Crippen LogP contribution < -0.4 is 0 Å². The van der Waals surface area contributed by atoms with Crippen molar-refractivity contribution in [2.75, 3.05) is 6.61 Å². The van der Waals surface area contributed by atoms with E-state index >= 15 is 0 Å². The molecular formula is C7H10N4O. The van der Waals surface area contributed by atoms with E-state index < -0.39 is 0 Å². The van der Waals surface area contributed by atoms with E-state index in [1.54, 1.807) is 4.68 Å². The molecule has 0 aliphatic carbocycles. The number of hydrogen-bond donors (Lipinski definition) is 1. The molecule has 5 nitrogen and oxygen atoms in total. The van der Waals surface area contributed by atoms with Gasteiger partial charge in [0.25, 0.3) is 0 Å². The van der Waals surface area contributed by atoms with Gasteiger partial charge < -0.3 is 5.11 Å². The number of aliphatic hydroxyl groups excluding tert-OH is 1. The van der Waals surface area contributed by atoms with Gasteiger partial charge in [0.1, 0.15) is 0 Å². The highest BCUT2D eigenvalue weighted by atomic mass is 16.3. The van der Waals surface area contributed by atoms with Crippen molar-refractivity contribution >= 4 is 5.82 Å². The largest absolute Gasteiger partial charge is 0.396 e. The lowest BCUT2D eigenvalue weighted by atomic mass is 10.4. The second-order valence-electron chi connectivity index (χ2n) is 2.80. The fourth-order valence-electron chi connectivity index (χ4n) is 1.27. The first-order valence-corrected chi connectivity index (χ1v) is 3.89. The van der Waals surface area contributed by atoms with Gasteiger partial charge in [-0.2, -0.15) is 10.2 Å². The summed E-state index contributed by atoms with van der Waals surface area (Å²) in [5.41, 5.74) is 0.937. The molecule has 0 radical (unpaired) electrons. The summed E-state index contributed by atoms with van der Waals surface area (Å²) in [4.78, 5) is 0. The van der Waals surface area contributed by atoms with Crippen LogP contribution in [0, 0.1) is 6.92 Å². The minimum atomic E-state index is -0.0984. The van der Waals surface area contributed by atoms with Gasteiger partial charge in [0.2, 0.25) is 0 Å². The van der Waals surface area contributed by atoms with Crippen LogP contribution in [0.15, 0.2) is 16.3 Å². The topological polar surface area (TPSA) is 62.8 Å². The zero-order chi connectivity index (χ0) is 8.55. The number of azo groups is 1. The molecular weight excluding hydrogens is 156 g/mol. The maximum atomic E-state index is 8.72. The zero-order valence-electron chi connectivity index (χ0n) is 6.80. The van der Waals surface area contributed by atoms with Crippen molar-refractivity contribution in [1.29, 1.82) is 0 Å². The van der Waals surface area contributed by atoms with Gasteiger partial charge in [-0.25, -0.2) is 4.68 Å². The maximum absolute atomic E-state index is 8.72. The molecule has 0 spiro atoms. The molecule has 1 aliphatic rings. The minimum absolute atomic E-state index is 0.0984. The number of aliphatic hydroxyl groups is 1. The van der Waals surface area contributed by atoms with Gasteiger partial charge in [0.05, 0.1) is 5.69 Å². The van der Waals surface area contributed by atoms with Crippen LogP contribution in [0.2, 0.25) is 0 Å². The highest BCUT2D eigenvalue weighted by Gasteiger charge is 2.20. The highest BCUT2D eigenvalue weighted by molar-refractivity contribution is 5.31. The summed E-state index contributed by atoms with van der Waals surface area (Å²) in [6.07, 6.45) is 0.483. The van der Waals surface area contributed by atoms with Crippen molar-refractivity contribution in [1.82, 2.24) is 9.78 Å². The molecule has 2 heterocycles. The molecule has 12 heavy (non-hydrogen) atoms. The Balaban J connectivity index is 2.29.